The van der Waals surface area contributed by atoms with Gasteiger partial charge in [0.2, 0.25) is 0 Å². The van der Waals surface area contributed by atoms with Crippen LogP contribution in [0.25, 0.3) is 21.7 Å². The second kappa shape index (κ2) is 8.42. The van der Waals surface area contributed by atoms with Crippen LogP contribution in [0.4, 0.5) is 11.4 Å². The Balaban J connectivity index is 1.41. The molecular weight excluding hydrogens is 426 g/mol. The Morgan fingerprint density at radius 2 is 1.54 bits per heavy atom. The topological polar surface area (TPSA) is 19.4 Å². The van der Waals surface area contributed by atoms with Gasteiger partial charge in [0.15, 0.2) is 0 Å². The summed E-state index contributed by atoms with van der Waals surface area (Å²) >= 11 is 0. The molecule has 0 spiro atoms. The zero-order chi connectivity index (χ0) is 23.2. The first-order chi connectivity index (χ1) is 17.3. The van der Waals surface area contributed by atoms with Crippen LogP contribution in [0.2, 0.25) is 0 Å². The van der Waals surface area contributed by atoms with Crippen molar-refractivity contribution >= 4 is 33.1 Å². The Morgan fingerprint density at radius 3 is 2.49 bits per heavy atom. The van der Waals surface area contributed by atoms with Gasteiger partial charge < -0.3 is 9.80 Å². The van der Waals surface area contributed by atoms with Gasteiger partial charge in [-0.05, 0) is 59.0 Å². The van der Waals surface area contributed by atoms with Gasteiger partial charge in [-0.1, -0.05) is 72.8 Å². The molecule has 0 aliphatic carbocycles. The number of hydrogen-bond acceptors (Lipinski definition) is 3. The van der Waals surface area contributed by atoms with Gasteiger partial charge in [0.1, 0.15) is 0 Å². The molecule has 1 aromatic heterocycles. The third kappa shape index (κ3) is 3.63. The van der Waals surface area contributed by atoms with Gasteiger partial charge in [0, 0.05) is 43.2 Å². The zero-order valence-electron chi connectivity index (χ0n) is 19.9. The normalized spacial score (nSPS) is 17.4. The minimum Gasteiger partial charge on any atom is -0.366 e. The molecule has 3 heterocycles. The molecule has 35 heavy (non-hydrogen) atoms. The Kier molecular flexibility index (Phi) is 4.94. The molecule has 3 heteroatoms. The zero-order valence-corrected chi connectivity index (χ0v) is 19.9. The Labute approximate surface area is 206 Å². The molecule has 1 saturated heterocycles. The molecular formula is C32H29N3. The highest BCUT2D eigenvalue weighted by Crippen LogP contribution is 2.39. The first-order valence-corrected chi connectivity index (χ1v) is 12.8. The molecule has 4 aromatic carbocycles. The molecule has 2 aliphatic heterocycles. The standard InChI is InChI=1S/C32H29N3/c1-3-14-28-23(9-1)11-7-12-25(28)21-34-22-26-19-24-10-2-4-15-29(24)33-30(26)20-27-13-8-18-35(27)32-17-6-5-16-31(32)34/h1-7,9-12,14-17,19,27H,8,13,18,20-22H2. The monoisotopic (exact) mass is 455 g/mol. The van der Waals surface area contributed by atoms with Crippen molar-refractivity contribution in [3.63, 3.8) is 0 Å². The number of nitrogens with zero attached hydrogens (tertiary/aromatic N) is 3. The van der Waals surface area contributed by atoms with Crippen molar-refractivity contribution in [3.05, 3.63) is 114 Å². The van der Waals surface area contributed by atoms with Crippen LogP contribution < -0.4 is 9.80 Å². The number of anilines is 2. The summed E-state index contributed by atoms with van der Waals surface area (Å²) in [6.45, 7) is 2.84. The molecule has 7 rings (SSSR count). The second-order valence-electron chi connectivity index (χ2n) is 9.96. The maximum Gasteiger partial charge on any atom is 0.0705 e. The molecule has 1 unspecified atom stereocenters. The van der Waals surface area contributed by atoms with E-state index in [4.69, 9.17) is 4.98 Å². The van der Waals surface area contributed by atoms with E-state index in [-0.39, 0.29) is 0 Å². The Morgan fingerprint density at radius 1 is 0.771 bits per heavy atom. The van der Waals surface area contributed by atoms with Gasteiger partial charge in [-0.15, -0.1) is 0 Å². The lowest BCUT2D eigenvalue weighted by molar-refractivity contribution is 0.653. The lowest BCUT2D eigenvalue weighted by Crippen LogP contribution is -2.32. The number of rotatable bonds is 2. The summed E-state index contributed by atoms with van der Waals surface area (Å²) in [6.07, 6.45) is 3.48. The van der Waals surface area contributed by atoms with E-state index >= 15 is 0 Å². The van der Waals surface area contributed by atoms with Crippen molar-refractivity contribution in [1.82, 2.24) is 4.98 Å². The highest BCUT2D eigenvalue weighted by Gasteiger charge is 2.31. The molecule has 0 bridgehead atoms. The predicted molar refractivity (Wildman–Crippen MR) is 146 cm³/mol. The lowest BCUT2D eigenvalue weighted by atomic mass is 10.0. The minimum atomic E-state index is 0.501. The number of aromatic nitrogens is 1. The fourth-order valence-electron chi connectivity index (χ4n) is 6.14. The van der Waals surface area contributed by atoms with E-state index in [1.165, 1.54) is 57.2 Å². The lowest BCUT2D eigenvalue weighted by Gasteiger charge is -2.32. The molecule has 172 valence electrons. The largest absolute Gasteiger partial charge is 0.366 e. The predicted octanol–water partition coefficient (Wildman–Crippen LogP) is 7.12. The Hall–Kier alpha value is -3.85. The van der Waals surface area contributed by atoms with Crippen LogP contribution in [-0.4, -0.2) is 17.6 Å². The van der Waals surface area contributed by atoms with E-state index in [2.05, 4.69) is 107 Å². The molecule has 2 aliphatic rings. The second-order valence-corrected chi connectivity index (χ2v) is 9.96. The van der Waals surface area contributed by atoms with Crippen LogP contribution >= 0.6 is 0 Å². The van der Waals surface area contributed by atoms with Crippen LogP contribution in [0, 0.1) is 0 Å². The van der Waals surface area contributed by atoms with Crippen molar-refractivity contribution in [2.24, 2.45) is 0 Å². The number of para-hydroxylation sites is 3. The van der Waals surface area contributed by atoms with Crippen LogP contribution in [0.1, 0.15) is 29.7 Å². The minimum absolute atomic E-state index is 0.501. The number of benzene rings is 4. The first-order valence-electron chi connectivity index (χ1n) is 12.8. The maximum absolute atomic E-state index is 5.22. The molecule has 0 radical (unpaired) electrons. The summed E-state index contributed by atoms with van der Waals surface area (Å²) < 4.78 is 0. The highest BCUT2D eigenvalue weighted by molar-refractivity contribution is 5.86. The molecule has 3 nitrogen and oxygen atoms in total. The smallest absolute Gasteiger partial charge is 0.0705 e. The highest BCUT2D eigenvalue weighted by atomic mass is 15.2. The van der Waals surface area contributed by atoms with Gasteiger partial charge in [0.05, 0.1) is 16.9 Å². The van der Waals surface area contributed by atoms with Crippen molar-refractivity contribution in [1.29, 1.82) is 0 Å². The molecule has 0 amide bonds. The van der Waals surface area contributed by atoms with E-state index in [0.717, 1.165) is 31.6 Å². The van der Waals surface area contributed by atoms with Gasteiger partial charge in [0.25, 0.3) is 0 Å². The van der Waals surface area contributed by atoms with Gasteiger partial charge in [-0.2, -0.15) is 0 Å². The van der Waals surface area contributed by atoms with Crippen LogP contribution in [0.5, 0.6) is 0 Å². The number of pyridine rings is 1. The van der Waals surface area contributed by atoms with E-state index in [9.17, 15) is 0 Å². The van der Waals surface area contributed by atoms with E-state index in [1.807, 2.05) is 0 Å². The summed E-state index contributed by atoms with van der Waals surface area (Å²) in [4.78, 5) is 10.4. The quantitative estimate of drug-likeness (QED) is 0.282. The fraction of sp³-hybridized carbons (Fsp3) is 0.219. The SMILES string of the molecule is c1ccc2c(c1)N(Cc1cccc3ccccc13)Cc1cc3ccccc3nc1CC1CCCN21. The van der Waals surface area contributed by atoms with Crippen molar-refractivity contribution in [2.45, 2.75) is 38.4 Å². The molecule has 0 saturated carbocycles. The fourth-order valence-corrected chi connectivity index (χ4v) is 6.14. The van der Waals surface area contributed by atoms with Gasteiger partial charge in [-0.25, -0.2) is 0 Å². The summed E-state index contributed by atoms with van der Waals surface area (Å²) in [6, 6.07) is 35.9. The van der Waals surface area contributed by atoms with E-state index < -0.39 is 0 Å². The van der Waals surface area contributed by atoms with Crippen molar-refractivity contribution in [3.8, 4) is 0 Å². The Bertz CT molecular complexity index is 1530. The van der Waals surface area contributed by atoms with Gasteiger partial charge >= 0.3 is 0 Å². The summed E-state index contributed by atoms with van der Waals surface area (Å²) in [5, 5.41) is 3.87. The maximum atomic E-state index is 5.22. The van der Waals surface area contributed by atoms with Gasteiger partial charge in [-0.3, -0.25) is 4.98 Å². The third-order valence-corrected chi connectivity index (χ3v) is 7.83. The summed E-state index contributed by atoms with van der Waals surface area (Å²) in [5.41, 5.74) is 7.78. The molecule has 0 N–H and O–H groups in total. The summed E-state index contributed by atoms with van der Waals surface area (Å²) in [5.74, 6) is 0. The number of fused-ring (bicyclic) bond motifs is 6. The summed E-state index contributed by atoms with van der Waals surface area (Å²) in [7, 11) is 0. The average molecular weight is 456 g/mol. The van der Waals surface area contributed by atoms with E-state index in [1.54, 1.807) is 0 Å². The van der Waals surface area contributed by atoms with E-state index in [0.29, 0.717) is 6.04 Å². The first kappa shape index (κ1) is 20.5. The molecule has 1 atom stereocenters. The average Bonchev–Trinajstić information content (AvgIpc) is 3.37. The molecule has 5 aromatic rings. The molecule has 1 fully saturated rings. The van der Waals surface area contributed by atoms with Crippen LogP contribution in [0.3, 0.4) is 0 Å². The van der Waals surface area contributed by atoms with Crippen molar-refractivity contribution in [2.75, 3.05) is 16.3 Å². The third-order valence-electron chi connectivity index (χ3n) is 7.83. The van der Waals surface area contributed by atoms with Crippen molar-refractivity contribution < 1.29 is 0 Å². The van der Waals surface area contributed by atoms with Crippen LogP contribution in [0.15, 0.2) is 97.1 Å². The number of hydrogen-bond donors (Lipinski definition) is 0. The van der Waals surface area contributed by atoms with Crippen LogP contribution in [-0.2, 0) is 19.5 Å².